The molecule has 0 atom stereocenters. The number of benzene rings is 3. The first-order chi connectivity index (χ1) is 21.7. The minimum absolute atomic E-state index is 0.540. The molecule has 0 aliphatic carbocycles. The van der Waals surface area contributed by atoms with E-state index in [1.165, 1.54) is 84.3 Å². The van der Waals surface area contributed by atoms with Crippen molar-refractivity contribution < 1.29 is 0 Å². The van der Waals surface area contributed by atoms with E-state index < -0.39 is 0 Å². The molecule has 0 bridgehead atoms. The summed E-state index contributed by atoms with van der Waals surface area (Å²) in [4.78, 5) is 5.23. The van der Waals surface area contributed by atoms with Crippen molar-refractivity contribution in [2.24, 2.45) is 23.7 Å². The van der Waals surface area contributed by atoms with Crippen LogP contribution in [0.25, 0.3) is 38.6 Å². The van der Waals surface area contributed by atoms with Gasteiger partial charge in [-0.15, -0.1) is 0 Å². The predicted molar refractivity (Wildman–Crippen MR) is 197 cm³/mol. The summed E-state index contributed by atoms with van der Waals surface area (Å²) < 4.78 is 2.50. The van der Waals surface area contributed by atoms with E-state index in [0.717, 1.165) is 5.65 Å². The lowest BCUT2D eigenvalue weighted by Crippen LogP contribution is -2.11. The molecule has 0 amide bonds. The first kappa shape index (κ1) is 33.2. The van der Waals surface area contributed by atoms with Crippen LogP contribution in [0, 0.1) is 23.7 Å². The van der Waals surface area contributed by atoms with E-state index in [-0.39, 0.29) is 0 Å². The van der Waals surface area contributed by atoms with Gasteiger partial charge in [0.2, 0.25) is 0 Å². The molecule has 0 saturated carbocycles. The molecule has 0 aliphatic heterocycles. The van der Waals surface area contributed by atoms with Gasteiger partial charge < -0.3 is 0 Å². The van der Waals surface area contributed by atoms with Crippen LogP contribution in [0.15, 0.2) is 72.9 Å². The second-order valence-corrected chi connectivity index (χ2v) is 15.5. The van der Waals surface area contributed by atoms with E-state index in [1.807, 2.05) is 0 Å². The normalized spacial score (nSPS) is 12.6. The fraction of sp³-hybridized carbons (Fsp3) is 0.512. The van der Waals surface area contributed by atoms with Crippen LogP contribution in [0.1, 0.15) is 130 Å². The summed E-state index contributed by atoms with van der Waals surface area (Å²) in [7, 11) is 0. The van der Waals surface area contributed by atoms with Crippen molar-refractivity contribution in [2.75, 3.05) is 0 Å². The summed E-state index contributed by atoms with van der Waals surface area (Å²) in [5.41, 5.74) is 8.17. The Bertz CT molecular complexity index is 1610. The van der Waals surface area contributed by atoms with Crippen LogP contribution in [0.4, 0.5) is 0 Å². The molecule has 0 unspecified atom stereocenters. The lowest BCUT2D eigenvalue weighted by atomic mass is 9.77. The number of fused-ring (bicyclic) bond motifs is 6. The number of imidazole rings is 1. The van der Waals surface area contributed by atoms with Gasteiger partial charge >= 0.3 is 0 Å². The van der Waals surface area contributed by atoms with Crippen LogP contribution in [0.5, 0.6) is 0 Å². The topological polar surface area (TPSA) is 17.3 Å². The van der Waals surface area contributed by atoms with Gasteiger partial charge in [0, 0.05) is 16.3 Å². The van der Waals surface area contributed by atoms with E-state index in [0.29, 0.717) is 35.5 Å². The summed E-state index contributed by atoms with van der Waals surface area (Å²) in [6, 6.07) is 25.1. The third-order valence-electron chi connectivity index (χ3n) is 10.00. The Labute approximate surface area is 273 Å². The molecule has 240 valence electrons. The first-order valence-electron chi connectivity index (χ1n) is 18.1. The SMILES string of the molecule is CC(C)CCC(CCC(C)C)c1cccc(C(CCC(C)C)CCC(C)C)c1-c1cnc2c3ccccc3c3ccccc3n12. The van der Waals surface area contributed by atoms with Gasteiger partial charge in [0.25, 0.3) is 0 Å². The summed E-state index contributed by atoms with van der Waals surface area (Å²) >= 11 is 0. The van der Waals surface area contributed by atoms with Gasteiger partial charge in [-0.25, -0.2) is 4.98 Å². The summed E-state index contributed by atoms with van der Waals surface area (Å²) in [6.07, 6.45) is 12.2. The van der Waals surface area contributed by atoms with Crippen LogP contribution in [-0.4, -0.2) is 9.38 Å². The number of pyridine rings is 1. The highest BCUT2D eigenvalue weighted by Gasteiger charge is 2.26. The average Bonchev–Trinajstić information content (AvgIpc) is 3.46. The van der Waals surface area contributed by atoms with E-state index in [9.17, 15) is 0 Å². The zero-order valence-electron chi connectivity index (χ0n) is 29.4. The molecule has 45 heavy (non-hydrogen) atoms. The molecule has 3 aromatic carbocycles. The van der Waals surface area contributed by atoms with Gasteiger partial charge in [0.15, 0.2) is 0 Å². The summed E-state index contributed by atoms with van der Waals surface area (Å²) in [5, 5.41) is 3.81. The third kappa shape index (κ3) is 7.65. The molecule has 0 radical (unpaired) electrons. The fourth-order valence-corrected chi connectivity index (χ4v) is 7.39. The maximum absolute atomic E-state index is 5.23. The van der Waals surface area contributed by atoms with Gasteiger partial charge in [-0.1, -0.05) is 142 Å². The molecule has 0 fully saturated rings. The Morgan fingerprint density at radius 2 is 0.933 bits per heavy atom. The zero-order chi connectivity index (χ0) is 32.1. The van der Waals surface area contributed by atoms with E-state index >= 15 is 0 Å². The lowest BCUT2D eigenvalue weighted by Gasteiger charge is -2.28. The van der Waals surface area contributed by atoms with Crippen molar-refractivity contribution in [3.63, 3.8) is 0 Å². The molecule has 2 heterocycles. The van der Waals surface area contributed by atoms with Gasteiger partial charge in [-0.2, -0.15) is 0 Å². The number of hydrogen-bond acceptors (Lipinski definition) is 1. The zero-order valence-corrected chi connectivity index (χ0v) is 29.4. The molecule has 2 nitrogen and oxygen atoms in total. The highest BCUT2D eigenvalue weighted by Crippen LogP contribution is 2.44. The molecule has 5 rings (SSSR count). The third-order valence-corrected chi connectivity index (χ3v) is 10.00. The van der Waals surface area contributed by atoms with Crippen molar-refractivity contribution in [1.29, 1.82) is 0 Å². The van der Waals surface area contributed by atoms with Crippen LogP contribution in [0.3, 0.4) is 0 Å². The second-order valence-electron chi connectivity index (χ2n) is 15.5. The minimum Gasteiger partial charge on any atom is -0.292 e. The first-order valence-corrected chi connectivity index (χ1v) is 18.1. The summed E-state index contributed by atoms with van der Waals surface area (Å²) in [5.74, 6) is 3.89. The Morgan fingerprint density at radius 3 is 1.42 bits per heavy atom. The Balaban J connectivity index is 1.82. The Hall–Kier alpha value is -3.13. The minimum atomic E-state index is 0.540. The predicted octanol–water partition coefficient (Wildman–Crippen LogP) is 13.2. The molecule has 0 N–H and O–H groups in total. The van der Waals surface area contributed by atoms with E-state index in [2.05, 4.69) is 133 Å². The molecular weight excluding hydrogens is 544 g/mol. The molecule has 2 heteroatoms. The quantitative estimate of drug-likeness (QED) is 0.109. The van der Waals surface area contributed by atoms with Gasteiger partial charge in [-0.3, -0.25) is 4.40 Å². The molecular formula is C43H58N2. The number of nitrogens with zero attached hydrogens (tertiary/aromatic N) is 2. The van der Waals surface area contributed by atoms with Crippen molar-refractivity contribution in [2.45, 2.75) is 119 Å². The van der Waals surface area contributed by atoms with Crippen LogP contribution in [-0.2, 0) is 0 Å². The van der Waals surface area contributed by atoms with Crippen molar-refractivity contribution in [1.82, 2.24) is 9.38 Å². The highest BCUT2D eigenvalue weighted by atomic mass is 15.0. The van der Waals surface area contributed by atoms with Gasteiger partial charge in [-0.05, 0) is 83.8 Å². The van der Waals surface area contributed by atoms with Crippen LogP contribution < -0.4 is 0 Å². The number of para-hydroxylation sites is 1. The Kier molecular flexibility index (Phi) is 11.1. The fourth-order valence-electron chi connectivity index (χ4n) is 7.39. The van der Waals surface area contributed by atoms with Crippen LogP contribution >= 0.6 is 0 Å². The average molecular weight is 603 g/mol. The van der Waals surface area contributed by atoms with Gasteiger partial charge in [0.1, 0.15) is 5.65 Å². The second kappa shape index (κ2) is 15.0. The van der Waals surface area contributed by atoms with Crippen molar-refractivity contribution in [3.8, 4) is 11.3 Å². The standard InChI is InChI=1S/C43H58N2/c1-29(2)20-24-33(25-21-30(3)4)35-17-13-18-36(34(26-22-31(5)6)27-23-32(7)8)42(35)41-28-44-43-39-16-10-9-14-37(39)38-15-11-12-19-40(38)45(41)43/h9-19,28-34H,20-27H2,1-8H3. The molecule has 0 spiro atoms. The number of rotatable bonds is 15. The molecule has 0 aliphatic rings. The van der Waals surface area contributed by atoms with Crippen LogP contribution in [0.2, 0.25) is 0 Å². The maximum Gasteiger partial charge on any atom is 0.145 e. The molecule has 2 aromatic heterocycles. The summed E-state index contributed by atoms with van der Waals surface area (Å²) in [6.45, 7) is 19.1. The van der Waals surface area contributed by atoms with Gasteiger partial charge in [0.05, 0.1) is 17.4 Å². The van der Waals surface area contributed by atoms with E-state index in [1.54, 1.807) is 11.1 Å². The molecule has 5 aromatic rings. The van der Waals surface area contributed by atoms with Crippen molar-refractivity contribution >= 4 is 27.3 Å². The Morgan fingerprint density at radius 1 is 0.489 bits per heavy atom. The van der Waals surface area contributed by atoms with Crippen molar-refractivity contribution in [3.05, 3.63) is 84.1 Å². The number of aromatic nitrogens is 2. The number of hydrogen-bond donors (Lipinski definition) is 0. The smallest absolute Gasteiger partial charge is 0.145 e. The largest absolute Gasteiger partial charge is 0.292 e. The monoisotopic (exact) mass is 602 g/mol. The maximum atomic E-state index is 5.23. The highest BCUT2D eigenvalue weighted by molar-refractivity contribution is 6.12. The molecule has 0 saturated heterocycles. The van der Waals surface area contributed by atoms with E-state index in [4.69, 9.17) is 4.98 Å². The lowest BCUT2D eigenvalue weighted by molar-refractivity contribution is 0.436.